The van der Waals surface area contributed by atoms with E-state index in [9.17, 15) is 4.39 Å². The van der Waals surface area contributed by atoms with E-state index in [2.05, 4.69) is 24.1 Å². The van der Waals surface area contributed by atoms with Crippen molar-refractivity contribution in [1.82, 2.24) is 10.3 Å². The van der Waals surface area contributed by atoms with Crippen LogP contribution in [0.5, 0.6) is 11.6 Å². The van der Waals surface area contributed by atoms with Gasteiger partial charge in [-0.25, -0.2) is 9.37 Å². The number of hydrogen-bond donors (Lipinski definition) is 1. The summed E-state index contributed by atoms with van der Waals surface area (Å²) in [6, 6.07) is 9.38. The Bertz CT molecular complexity index is 584. The molecule has 0 spiro atoms. The van der Waals surface area contributed by atoms with Crippen LogP contribution in [0.1, 0.15) is 37.3 Å². The van der Waals surface area contributed by atoms with Crippen molar-refractivity contribution in [2.75, 3.05) is 7.05 Å². The second-order valence-electron chi connectivity index (χ2n) is 5.10. The minimum absolute atomic E-state index is 0.0130. The van der Waals surface area contributed by atoms with E-state index < -0.39 is 5.82 Å². The molecule has 1 unspecified atom stereocenters. The molecule has 2 rings (SSSR count). The molecular weight excluding hydrogens is 267 g/mol. The number of rotatable bonds is 6. The van der Waals surface area contributed by atoms with E-state index in [4.69, 9.17) is 4.74 Å². The highest BCUT2D eigenvalue weighted by molar-refractivity contribution is 5.33. The van der Waals surface area contributed by atoms with Crippen molar-refractivity contribution in [2.45, 2.75) is 32.7 Å². The maximum Gasteiger partial charge on any atom is 0.256 e. The summed E-state index contributed by atoms with van der Waals surface area (Å²) in [5.41, 5.74) is 1.79. The van der Waals surface area contributed by atoms with E-state index in [1.807, 2.05) is 24.3 Å². The Balaban J connectivity index is 2.16. The number of hydrogen-bond acceptors (Lipinski definition) is 3. The molecule has 1 aromatic heterocycles. The monoisotopic (exact) mass is 288 g/mol. The van der Waals surface area contributed by atoms with Crippen LogP contribution >= 0.6 is 0 Å². The van der Waals surface area contributed by atoms with Gasteiger partial charge < -0.3 is 10.1 Å². The summed E-state index contributed by atoms with van der Waals surface area (Å²) < 4.78 is 19.7. The zero-order valence-corrected chi connectivity index (χ0v) is 12.7. The average molecular weight is 288 g/mol. The number of ether oxygens (including phenoxy) is 1. The molecule has 0 aliphatic rings. The zero-order chi connectivity index (χ0) is 15.2. The van der Waals surface area contributed by atoms with Crippen molar-refractivity contribution in [3.8, 4) is 11.6 Å². The summed E-state index contributed by atoms with van der Waals surface area (Å²) >= 11 is 0. The van der Waals surface area contributed by atoms with Crippen LogP contribution < -0.4 is 10.1 Å². The van der Waals surface area contributed by atoms with Crippen molar-refractivity contribution in [1.29, 1.82) is 0 Å². The molecule has 0 bridgehead atoms. The quantitative estimate of drug-likeness (QED) is 0.863. The lowest BCUT2D eigenvalue weighted by Gasteiger charge is -2.11. The average Bonchev–Trinajstić information content (AvgIpc) is 2.51. The molecule has 1 aromatic carbocycles. The number of pyridine rings is 1. The highest BCUT2D eigenvalue weighted by Crippen LogP contribution is 2.26. The first-order chi connectivity index (χ1) is 10.2. The van der Waals surface area contributed by atoms with Crippen LogP contribution in [0.15, 0.2) is 36.5 Å². The molecule has 4 heteroatoms. The Morgan fingerprint density at radius 3 is 2.57 bits per heavy atom. The standard InChI is InChI=1S/C17H21FN2O/c1-4-12(2)13-5-7-15(8-6-13)21-17-16(18)14(11-19-3)9-10-20-17/h5-10,12,19H,4,11H2,1-3H3. The van der Waals surface area contributed by atoms with Gasteiger partial charge in [0, 0.05) is 18.3 Å². The molecule has 21 heavy (non-hydrogen) atoms. The van der Waals surface area contributed by atoms with Gasteiger partial charge in [-0.3, -0.25) is 0 Å². The third kappa shape index (κ3) is 3.79. The van der Waals surface area contributed by atoms with Crippen molar-refractivity contribution in [2.24, 2.45) is 0 Å². The third-order valence-electron chi connectivity index (χ3n) is 3.58. The minimum Gasteiger partial charge on any atom is -0.436 e. The van der Waals surface area contributed by atoms with E-state index in [1.54, 1.807) is 19.3 Å². The molecule has 3 nitrogen and oxygen atoms in total. The lowest BCUT2D eigenvalue weighted by Crippen LogP contribution is -2.08. The Hall–Kier alpha value is -1.94. The van der Waals surface area contributed by atoms with Gasteiger partial charge in [0.1, 0.15) is 5.75 Å². The first-order valence-electron chi connectivity index (χ1n) is 7.21. The number of benzene rings is 1. The number of halogens is 1. The predicted molar refractivity (Wildman–Crippen MR) is 82.2 cm³/mol. The van der Waals surface area contributed by atoms with Crippen molar-refractivity contribution in [3.63, 3.8) is 0 Å². The molecule has 0 aliphatic carbocycles. The van der Waals surface area contributed by atoms with Gasteiger partial charge in [-0.1, -0.05) is 26.0 Å². The van der Waals surface area contributed by atoms with Crippen LogP contribution in [0.4, 0.5) is 4.39 Å². The van der Waals surface area contributed by atoms with Crippen LogP contribution in [0.25, 0.3) is 0 Å². The van der Waals surface area contributed by atoms with E-state index in [1.165, 1.54) is 5.56 Å². The number of aromatic nitrogens is 1. The first-order valence-corrected chi connectivity index (χ1v) is 7.21. The topological polar surface area (TPSA) is 34.1 Å². The van der Waals surface area contributed by atoms with Gasteiger partial charge in [-0.05, 0) is 43.1 Å². The molecule has 0 amide bonds. The van der Waals surface area contributed by atoms with Gasteiger partial charge in [0.2, 0.25) is 0 Å². The summed E-state index contributed by atoms with van der Waals surface area (Å²) in [5, 5.41) is 2.92. The molecule has 0 radical (unpaired) electrons. The predicted octanol–water partition coefficient (Wildman–Crippen LogP) is 4.25. The minimum atomic E-state index is -0.419. The first kappa shape index (κ1) is 15.4. The van der Waals surface area contributed by atoms with Gasteiger partial charge in [0.25, 0.3) is 5.88 Å². The molecule has 0 aliphatic heterocycles. The lowest BCUT2D eigenvalue weighted by molar-refractivity contribution is 0.418. The molecule has 1 heterocycles. The number of nitrogens with one attached hydrogen (secondary N) is 1. The molecule has 0 fully saturated rings. The maximum atomic E-state index is 14.2. The molecule has 2 aromatic rings. The van der Waals surface area contributed by atoms with Gasteiger partial charge in [0.05, 0.1) is 0 Å². The summed E-state index contributed by atoms with van der Waals surface area (Å²) in [4.78, 5) is 3.97. The summed E-state index contributed by atoms with van der Waals surface area (Å²) in [7, 11) is 1.77. The Morgan fingerprint density at radius 1 is 1.24 bits per heavy atom. The molecule has 1 N–H and O–H groups in total. The zero-order valence-electron chi connectivity index (χ0n) is 12.7. The normalized spacial score (nSPS) is 12.2. The van der Waals surface area contributed by atoms with Gasteiger partial charge in [-0.15, -0.1) is 0 Å². The lowest BCUT2D eigenvalue weighted by atomic mass is 9.99. The third-order valence-corrected chi connectivity index (χ3v) is 3.58. The Labute approximate surface area is 125 Å². The molecular formula is C17H21FN2O. The fourth-order valence-corrected chi connectivity index (χ4v) is 2.07. The Morgan fingerprint density at radius 2 is 1.95 bits per heavy atom. The largest absolute Gasteiger partial charge is 0.436 e. The number of nitrogens with zero attached hydrogens (tertiary/aromatic N) is 1. The van der Waals surface area contributed by atoms with E-state index >= 15 is 0 Å². The van der Waals surface area contributed by atoms with E-state index in [0.717, 1.165) is 6.42 Å². The highest BCUT2D eigenvalue weighted by atomic mass is 19.1. The molecule has 0 saturated carbocycles. The van der Waals surface area contributed by atoms with E-state index in [0.29, 0.717) is 23.8 Å². The van der Waals surface area contributed by atoms with Crippen molar-refractivity contribution >= 4 is 0 Å². The van der Waals surface area contributed by atoms with Crippen LogP contribution in [0.3, 0.4) is 0 Å². The molecule has 1 atom stereocenters. The van der Waals surface area contributed by atoms with Crippen LogP contribution in [-0.2, 0) is 6.54 Å². The summed E-state index contributed by atoms with van der Waals surface area (Å²) in [6.07, 6.45) is 2.64. The van der Waals surface area contributed by atoms with Crippen molar-refractivity contribution in [3.05, 3.63) is 53.5 Å². The highest BCUT2D eigenvalue weighted by Gasteiger charge is 2.11. The van der Waals surface area contributed by atoms with Crippen molar-refractivity contribution < 1.29 is 9.13 Å². The molecule has 0 saturated heterocycles. The van der Waals surface area contributed by atoms with Gasteiger partial charge in [0.15, 0.2) is 5.82 Å². The summed E-state index contributed by atoms with van der Waals surface area (Å²) in [5.74, 6) is 0.694. The van der Waals surface area contributed by atoms with Crippen LogP contribution in [0.2, 0.25) is 0 Å². The van der Waals surface area contributed by atoms with Crippen LogP contribution in [0, 0.1) is 5.82 Å². The maximum absolute atomic E-state index is 14.2. The fourth-order valence-electron chi connectivity index (χ4n) is 2.07. The smallest absolute Gasteiger partial charge is 0.256 e. The van der Waals surface area contributed by atoms with Gasteiger partial charge in [-0.2, -0.15) is 0 Å². The summed E-state index contributed by atoms with van der Waals surface area (Å²) in [6.45, 7) is 4.78. The second-order valence-corrected chi connectivity index (χ2v) is 5.10. The fraction of sp³-hybridized carbons (Fsp3) is 0.353. The second kappa shape index (κ2) is 7.18. The Kier molecular flexibility index (Phi) is 5.28. The molecule has 112 valence electrons. The van der Waals surface area contributed by atoms with E-state index in [-0.39, 0.29) is 5.88 Å². The van der Waals surface area contributed by atoms with Gasteiger partial charge >= 0.3 is 0 Å². The van der Waals surface area contributed by atoms with Crippen LogP contribution in [-0.4, -0.2) is 12.0 Å². The SMILES string of the molecule is CCC(C)c1ccc(Oc2nccc(CNC)c2F)cc1.